The summed E-state index contributed by atoms with van der Waals surface area (Å²) in [4.78, 5) is 34.8. The summed E-state index contributed by atoms with van der Waals surface area (Å²) in [7, 11) is 0. The molecule has 1 atom stereocenters. The molecule has 1 unspecified atom stereocenters. The summed E-state index contributed by atoms with van der Waals surface area (Å²) < 4.78 is 1.68. The maximum absolute atomic E-state index is 12.9. The molecule has 0 aliphatic carbocycles. The predicted octanol–water partition coefficient (Wildman–Crippen LogP) is 3.10. The highest BCUT2D eigenvalue weighted by atomic mass is 35.5. The molecule has 28 heavy (non-hydrogen) atoms. The standard InChI is InChI=1S/C20H27ClN4O2S/c1-4-8-25-19(27)16-7-6-15(21)13-17(16)22-20(25)28-14(3)18(26)24-11-9-23(5-2)10-12-24/h6-7,13-14H,4-5,8-12H2,1-3H3. The van der Waals surface area contributed by atoms with Gasteiger partial charge in [0.1, 0.15) is 0 Å². The molecule has 1 aromatic carbocycles. The van der Waals surface area contributed by atoms with Gasteiger partial charge in [0.15, 0.2) is 5.16 Å². The van der Waals surface area contributed by atoms with E-state index in [0.29, 0.717) is 27.6 Å². The average molecular weight is 423 g/mol. The quantitative estimate of drug-likeness (QED) is 0.528. The van der Waals surface area contributed by atoms with Crippen molar-refractivity contribution in [1.29, 1.82) is 0 Å². The van der Waals surface area contributed by atoms with Gasteiger partial charge < -0.3 is 9.80 Å². The molecule has 1 aliphatic rings. The van der Waals surface area contributed by atoms with E-state index >= 15 is 0 Å². The number of amides is 1. The topological polar surface area (TPSA) is 58.4 Å². The maximum Gasteiger partial charge on any atom is 0.262 e. The van der Waals surface area contributed by atoms with Crippen molar-refractivity contribution < 1.29 is 4.79 Å². The number of halogens is 1. The van der Waals surface area contributed by atoms with Crippen molar-refractivity contribution in [1.82, 2.24) is 19.4 Å². The van der Waals surface area contributed by atoms with Gasteiger partial charge in [0.25, 0.3) is 5.56 Å². The van der Waals surface area contributed by atoms with Crippen LogP contribution < -0.4 is 5.56 Å². The highest BCUT2D eigenvalue weighted by molar-refractivity contribution is 8.00. The number of carbonyl (C=O) groups excluding carboxylic acids is 1. The fraction of sp³-hybridized carbons (Fsp3) is 0.550. The fourth-order valence-corrected chi connectivity index (χ4v) is 4.62. The summed E-state index contributed by atoms with van der Waals surface area (Å²) in [5.74, 6) is 0.101. The molecular formula is C20H27ClN4O2S. The summed E-state index contributed by atoms with van der Waals surface area (Å²) >= 11 is 7.44. The Balaban J connectivity index is 1.85. The highest BCUT2D eigenvalue weighted by Crippen LogP contribution is 2.25. The molecule has 0 radical (unpaired) electrons. The first-order chi connectivity index (χ1) is 13.4. The van der Waals surface area contributed by atoms with Gasteiger partial charge >= 0.3 is 0 Å². The van der Waals surface area contributed by atoms with Crippen LogP contribution in [0.3, 0.4) is 0 Å². The van der Waals surface area contributed by atoms with Gasteiger partial charge in [0, 0.05) is 37.7 Å². The zero-order valence-corrected chi connectivity index (χ0v) is 18.2. The first-order valence-corrected chi connectivity index (χ1v) is 11.1. The lowest BCUT2D eigenvalue weighted by Crippen LogP contribution is -2.50. The van der Waals surface area contributed by atoms with E-state index in [4.69, 9.17) is 11.6 Å². The molecule has 3 rings (SSSR count). The number of likely N-dealkylation sites (N-methyl/N-ethyl adjacent to an activating group) is 1. The van der Waals surface area contributed by atoms with Crippen LogP contribution in [0.2, 0.25) is 5.02 Å². The number of nitrogens with zero attached hydrogens (tertiary/aromatic N) is 4. The minimum atomic E-state index is -0.306. The number of aromatic nitrogens is 2. The molecule has 2 heterocycles. The third-order valence-electron chi connectivity index (χ3n) is 5.09. The van der Waals surface area contributed by atoms with Gasteiger partial charge in [-0.15, -0.1) is 0 Å². The first-order valence-electron chi connectivity index (χ1n) is 9.82. The van der Waals surface area contributed by atoms with E-state index in [1.54, 1.807) is 22.8 Å². The molecule has 1 aliphatic heterocycles. The molecule has 1 amide bonds. The van der Waals surface area contributed by atoms with E-state index in [1.165, 1.54) is 11.8 Å². The summed E-state index contributed by atoms with van der Waals surface area (Å²) in [6.45, 7) is 11.0. The second-order valence-electron chi connectivity index (χ2n) is 7.03. The van der Waals surface area contributed by atoms with Crippen LogP contribution in [0.4, 0.5) is 0 Å². The Bertz CT molecular complexity index is 909. The number of hydrogen-bond donors (Lipinski definition) is 0. The Morgan fingerprint density at radius 1 is 1.25 bits per heavy atom. The van der Waals surface area contributed by atoms with Crippen molar-refractivity contribution in [3.8, 4) is 0 Å². The van der Waals surface area contributed by atoms with E-state index in [9.17, 15) is 9.59 Å². The Hall–Kier alpha value is -1.57. The van der Waals surface area contributed by atoms with Crippen molar-refractivity contribution >= 4 is 40.2 Å². The third-order valence-corrected chi connectivity index (χ3v) is 6.40. The molecule has 2 aromatic rings. The van der Waals surface area contributed by atoms with E-state index < -0.39 is 0 Å². The fourth-order valence-electron chi connectivity index (χ4n) is 3.43. The maximum atomic E-state index is 12.9. The zero-order chi connectivity index (χ0) is 20.3. The van der Waals surface area contributed by atoms with Crippen LogP contribution in [0.25, 0.3) is 10.9 Å². The molecule has 8 heteroatoms. The SMILES string of the molecule is CCCn1c(SC(C)C(=O)N2CCN(CC)CC2)nc2cc(Cl)ccc2c1=O. The second kappa shape index (κ2) is 9.29. The predicted molar refractivity (Wildman–Crippen MR) is 115 cm³/mol. The van der Waals surface area contributed by atoms with Gasteiger partial charge in [-0.1, -0.05) is 37.2 Å². The third kappa shape index (κ3) is 4.53. The van der Waals surface area contributed by atoms with Crippen LogP contribution in [0.5, 0.6) is 0 Å². The molecule has 0 N–H and O–H groups in total. The minimum absolute atomic E-state index is 0.0813. The average Bonchev–Trinajstić information content (AvgIpc) is 2.70. The lowest BCUT2D eigenvalue weighted by atomic mass is 10.2. The van der Waals surface area contributed by atoms with Crippen LogP contribution >= 0.6 is 23.4 Å². The molecule has 1 saturated heterocycles. The number of hydrogen-bond acceptors (Lipinski definition) is 5. The Morgan fingerprint density at radius 3 is 2.61 bits per heavy atom. The minimum Gasteiger partial charge on any atom is -0.339 e. The van der Waals surface area contributed by atoms with Crippen molar-refractivity contribution in [2.75, 3.05) is 32.7 Å². The number of benzene rings is 1. The van der Waals surface area contributed by atoms with Gasteiger partial charge in [0.05, 0.1) is 16.2 Å². The van der Waals surface area contributed by atoms with Crippen molar-refractivity contribution in [3.05, 3.63) is 33.6 Å². The van der Waals surface area contributed by atoms with Gasteiger partial charge in [-0.2, -0.15) is 0 Å². The molecule has 1 aromatic heterocycles. The van der Waals surface area contributed by atoms with Crippen LogP contribution in [-0.4, -0.2) is 63.2 Å². The van der Waals surface area contributed by atoms with Crippen LogP contribution in [0, 0.1) is 0 Å². The van der Waals surface area contributed by atoms with E-state index in [1.807, 2.05) is 18.7 Å². The first kappa shape index (κ1) is 21.1. The van der Waals surface area contributed by atoms with Gasteiger partial charge in [-0.05, 0) is 38.1 Å². The van der Waals surface area contributed by atoms with Crippen LogP contribution in [0.15, 0.2) is 28.2 Å². The Kier molecular flexibility index (Phi) is 7.01. The molecule has 6 nitrogen and oxygen atoms in total. The number of fused-ring (bicyclic) bond motifs is 1. The van der Waals surface area contributed by atoms with Crippen molar-refractivity contribution in [2.24, 2.45) is 0 Å². The summed E-state index contributed by atoms with van der Waals surface area (Å²) in [6.07, 6.45) is 0.815. The normalized spacial score (nSPS) is 16.5. The lowest BCUT2D eigenvalue weighted by molar-refractivity contribution is -0.132. The summed E-state index contributed by atoms with van der Waals surface area (Å²) in [6, 6.07) is 5.13. The van der Waals surface area contributed by atoms with Gasteiger partial charge in [0.2, 0.25) is 5.91 Å². The van der Waals surface area contributed by atoms with Crippen LogP contribution in [0.1, 0.15) is 27.2 Å². The number of rotatable bonds is 6. The smallest absolute Gasteiger partial charge is 0.262 e. The van der Waals surface area contributed by atoms with Crippen LogP contribution in [-0.2, 0) is 11.3 Å². The number of thioether (sulfide) groups is 1. The largest absolute Gasteiger partial charge is 0.339 e. The lowest BCUT2D eigenvalue weighted by Gasteiger charge is -2.35. The van der Waals surface area contributed by atoms with Gasteiger partial charge in [-0.3, -0.25) is 14.2 Å². The Labute approximate surface area is 174 Å². The zero-order valence-electron chi connectivity index (χ0n) is 16.7. The van der Waals surface area contributed by atoms with E-state index in [-0.39, 0.29) is 16.7 Å². The molecule has 0 spiro atoms. The molecule has 0 bridgehead atoms. The molecule has 0 saturated carbocycles. The summed E-state index contributed by atoms with van der Waals surface area (Å²) in [5, 5.41) is 1.37. The Morgan fingerprint density at radius 2 is 1.96 bits per heavy atom. The molecule has 152 valence electrons. The van der Waals surface area contributed by atoms with E-state index in [0.717, 1.165) is 39.1 Å². The van der Waals surface area contributed by atoms with Crippen molar-refractivity contribution in [2.45, 2.75) is 44.1 Å². The van der Waals surface area contributed by atoms with E-state index in [2.05, 4.69) is 16.8 Å². The van der Waals surface area contributed by atoms with Crippen molar-refractivity contribution in [3.63, 3.8) is 0 Å². The highest BCUT2D eigenvalue weighted by Gasteiger charge is 2.26. The monoisotopic (exact) mass is 422 g/mol. The molecular weight excluding hydrogens is 396 g/mol. The van der Waals surface area contributed by atoms with Gasteiger partial charge in [-0.25, -0.2) is 4.98 Å². The molecule has 1 fully saturated rings. The number of carbonyl (C=O) groups is 1. The number of piperazine rings is 1. The summed E-state index contributed by atoms with van der Waals surface area (Å²) in [5.41, 5.74) is 0.491. The second-order valence-corrected chi connectivity index (χ2v) is 8.78.